The minimum absolute atomic E-state index is 0.112. The number of fused-ring (bicyclic) bond motifs is 1. The first kappa shape index (κ1) is 19.2. The maximum atomic E-state index is 12.7. The molecule has 160 valence electrons. The molecular formula is C22H23N5O4. The van der Waals surface area contributed by atoms with Crippen molar-refractivity contribution in [3.05, 3.63) is 48.4 Å². The normalized spacial score (nSPS) is 15.6. The molecule has 1 aromatic heterocycles. The standard InChI is InChI=1S/C22H23N5O4/c1-15-23-21(25-31-15)16-2-5-18(6-3-16)26-8-10-27(11-9-26)22(28)24-17-4-7-19-20(14-17)30-13-12-29-19/h2-7,14H,8-13H2,1H3,(H,24,28). The molecule has 2 amide bonds. The van der Waals surface area contributed by atoms with E-state index in [9.17, 15) is 4.79 Å². The van der Waals surface area contributed by atoms with Crippen molar-refractivity contribution in [2.24, 2.45) is 0 Å². The van der Waals surface area contributed by atoms with E-state index in [0.29, 0.717) is 55.2 Å². The average Bonchev–Trinajstić information content (AvgIpc) is 3.25. The van der Waals surface area contributed by atoms with Crippen molar-refractivity contribution in [3.63, 3.8) is 0 Å². The van der Waals surface area contributed by atoms with Crippen LogP contribution < -0.4 is 19.7 Å². The Morgan fingerprint density at radius 1 is 0.968 bits per heavy atom. The zero-order chi connectivity index (χ0) is 21.2. The number of rotatable bonds is 3. The molecule has 2 aliphatic heterocycles. The number of piperazine rings is 1. The number of urea groups is 1. The van der Waals surface area contributed by atoms with Crippen molar-refractivity contribution in [3.8, 4) is 22.9 Å². The lowest BCUT2D eigenvalue weighted by Crippen LogP contribution is -2.50. The van der Waals surface area contributed by atoms with Crippen LogP contribution in [0.3, 0.4) is 0 Å². The molecule has 3 aromatic rings. The van der Waals surface area contributed by atoms with Crippen molar-refractivity contribution in [1.29, 1.82) is 0 Å². The molecule has 0 aliphatic carbocycles. The van der Waals surface area contributed by atoms with Gasteiger partial charge in [0, 0.05) is 56.1 Å². The minimum Gasteiger partial charge on any atom is -0.486 e. The molecule has 0 spiro atoms. The van der Waals surface area contributed by atoms with Crippen LogP contribution in [-0.2, 0) is 0 Å². The molecule has 0 bridgehead atoms. The summed E-state index contributed by atoms with van der Waals surface area (Å²) in [6.45, 7) is 5.63. The monoisotopic (exact) mass is 421 g/mol. The van der Waals surface area contributed by atoms with Gasteiger partial charge in [0.2, 0.25) is 11.7 Å². The Morgan fingerprint density at radius 2 is 1.71 bits per heavy atom. The van der Waals surface area contributed by atoms with Gasteiger partial charge in [-0.05, 0) is 36.4 Å². The molecule has 1 N–H and O–H groups in total. The molecule has 0 unspecified atom stereocenters. The number of carbonyl (C=O) groups excluding carboxylic acids is 1. The maximum Gasteiger partial charge on any atom is 0.321 e. The molecule has 1 saturated heterocycles. The fourth-order valence-electron chi connectivity index (χ4n) is 3.73. The second kappa shape index (κ2) is 8.17. The van der Waals surface area contributed by atoms with Gasteiger partial charge in [0.15, 0.2) is 11.5 Å². The van der Waals surface area contributed by atoms with E-state index in [1.54, 1.807) is 13.0 Å². The first-order chi connectivity index (χ1) is 15.2. The second-order valence-electron chi connectivity index (χ2n) is 7.45. The predicted molar refractivity (Wildman–Crippen MR) is 115 cm³/mol. The van der Waals surface area contributed by atoms with Crippen molar-refractivity contribution in [2.75, 3.05) is 49.6 Å². The number of amides is 2. The molecule has 2 aliphatic rings. The zero-order valence-electron chi connectivity index (χ0n) is 17.2. The van der Waals surface area contributed by atoms with E-state index in [-0.39, 0.29) is 6.03 Å². The summed E-state index contributed by atoms with van der Waals surface area (Å²) in [7, 11) is 0. The molecule has 9 nitrogen and oxygen atoms in total. The first-order valence-corrected chi connectivity index (χ1v) is 10.3. The summed E-state index contributed by atoms with van der Waals surface area (Å²) in [6.07, 6.45) is 0. The first-order valence-electron chi connectivity index (χ1n) is 10.3. The van der Waals surface area contributed by atoms with Crippen molar-refractivity contribution >= 4 is 17.4 Å². The summed E-state index contributed by atoms with van der Waals surface area (Å²) in [6, 6.07) is 13.4. The highest BCUT2D eigenvalue weighted by atomic mass is 16.6. The SMILES string of the molecule is Cc1nc(-c2ccc(N3CCN(C(=O)Nc4ccc5c(c4)OCCO5)CC3)cc2)no1. The van der Waals surface area contributed by atoms with Crippen LogP contribution in [0.15, 0.2) is 47.0 Å². The van der Waals surface area contributed by atoms with Gasteiger partial charge in [-0.1, -0.05) is 5.16 Å². The van der Waals surface area contributed by atoms with Crippen LogP contribution in [0.25, 0.3) is 11.4 Å². The van der Waals surface area contributed by atoms with E-state index in [2.05, 4.69) is 20.4 Å². The molecule has 5 rings (SSSR count). The number of nitrogens with zero attached hydrogens (tertiary/aromatic N) is 4. The topological polar surface area (TPSA) is 93.0 Å². The Hall–Kier alpha value is -3.75. The number of benzene rings is 2. The third-order valence-electron chi connectivity index (χ3n) is 5.38. The Kier molecular flexibility index (Phi) is 5.07. The minimum atomic E-state index is -0.112. The highest BCUT2D eigenvalue weighted by Crippen LogP contribution is 2.32. The predicted octanol–water partition coefficient (Wildman–Crippen LogP) is 3.17. The lowest BCUT2D eigenvalue weighted by Gasteiger charge is -2.36. The van der Waals surface area contributed by atoms with Crippen molar-refractivity contribution in [1.82, 2.24) is 15.0 Å². The molecule has 0 saturated carbocycles. The molecule has 0 atom stereocenters. The zero-order valence-corrected chi connectivity index (χ0v) is 17.2. The number of carbonyl (C=O) groups is 1. The molecule has 2 aromatic carbocycles. The van der Waals surface area contributed by atoms with Crippen LogP contribution in [-0.4, -0.2) is 60.5 Å². The van der Waals surface area contributed by atoms with Gasteiger partial charge in [0.1, 0.15) is 13.2 Å². The Morgan fingerprint density at radius 3 is 2.42 bits per heavy atom. The quantitative estimate of drug-likeness (QED) is 0.694. The number of anilines is 2. The Bertz CT molecular complexity index is 1070. The number of ether oxygens (including phenoxy) is 2. The van der Waals surface area contributed by atoms with E-state index in [1.165, 1.54) is 0 Å². The van der Waals surface area contributed by atoms with Crippen LogP contribution in [0.2, 0.25) is 0 Å². The van der Waals surface area contributed by atoms with Gasteiger partial charge in [0.25, 0.3) is 0 Å². The van der Waals surface area contributed by atoms with Crippen LogP contribution in [0.1, 0.15) is 5.89 Å². The number of aromatic nitrogens is 2. The van der Waals surface area contributed by atoms with Crippen molar-refractivity contribution in [2.45, 2.75) is 6.92 Å². The second-order valence-corrected chi connectivity index (χ2v) is 7.45. The van der Waals surface area contributed by atoms with E-state index in [1.807, 2.05) is 41.3 Å². The number of hydrogen-bond acceptors (Lipinski definition) is 7. The molecule has 31 heavy (non-hydrogen) atoms. The average molecular weight is 421 g/mol. The summed E-state index contributed by atoms with van der Waals surface area (Å²) < 4.78 is 16.1. The molecule has 1 fully saturated rings. The van der Waals surface area contributed by atoms with Crippen LogP contribution >= 0.6 is 0 Å². The van der Waals surface area contributed by atoms with Gasteiger partial charge < -0.3 is 29.1 Å². The molecule has 3 heterocycles. The van der Waals surface area contributed by atoms with E-state index in [4.69, 9.17) is 14.0 Å². The lowest BCUT2D eigenvalue weighted by molar-refractivity contribution is 0.171. The van der Waals surface area contributed by atoms with Gasteiger partial charge in [-0.3, -0.25) is 0 Å². The number of aryl methyl sites for hydroxylation is 1. The molecule has 0 radical (unpaired) electrons. The lowest BCUT2D eigenvalue weighted by atomic mass is 10.1. The largest absolute Gasteiger partial charge is 0.486 e. The van der Waals surface area contributed by atoms with Crippen molar-refractivity contribution < 1.29 is 18.8 Å². The van der Waals surface area contributed by atoms with Gasteiger partial charge >= 0.3 is 6.03 Å². The Balaban J connectivity index is 1.17. The van der Waals surface area contributed by atoms with Gasteiger partial charge in [-0.25, -0.2) is 4.79 Å². The Labute approximate surface area is 179 Å². The summed E-state index contributed by atoms with van der Waals surface area (Å²) in [4.78, 5) is 21.0. The molecule has 9 heteroatoms. The summed E-state index contributed by atoms with van der Waals surface area (Å²) in [5.41, 5.74) is 2.72. The van der Waals surface area contributed by atoms with E-state index >= 15 is 0 Å². The third-order valence-corrected chi connectivity index (χ3v) is 5.38. The summed E-state index contributed by atoms with van der Waals surface area (Å²) in [5, 5.41) is 6.90. The fourth-order valence-corrected chi connectivity index (χ4v) is 3.73. The summed E-state index contributed by atoms with van der Waals surface area (Å²) in [5.74, 6) is 2.50. The van der Waals surface area contributed by atoms with Gasteiger partial charge in [-0.2, -0.15) is 4.98 Å². The number of hydrogen-bond donors (Lipinski definition) is 1. The molecular weight excluding hydrogens is 398 g/mol. The van der Waals surface area contributed by atoms with E-state index < -0.39 is 0 Å². The van der Waals surface area contributed by atoms with Gasteiger partial charge in [-0.15, -0.1) is 0 Å². The highest BCUT2D eigenvalue weighted by molar-refractivity contribution is 5.90. The highest BCUT2D eigenvalue weighted by Gasteiger charge is 2.22. The van der Waals surface area contributed by atoms with E-state index in [0.717, 1.165) is 24.3 Å². The third kappa shape index (κ3) is 4.11. The number of nitrogens with one attached hydrogen (secondary N) is 1. The van der Waals surface area contributed by atoms with Crippen LogP contribution in [0, 0.1) is 6.92 Å². The summed E-state index contributed by atoms with van der Waals surface area (Å²) >= 11 is 0. The maximum absolute atomic E-state index is 12.7. The van der Waals surface area contributed by atoms with Gasteiger partial charge in [0.05, 0.1) is 0 Å². The van der Waals surface area contributed by atoms with Crippen LogP contribution in [0.4, 0.5) is 16.2 Å². The van der Waals surface area contributed by atoms with Crippen LogP contribution in [0.5, 0.6) is 11.5 Å². The fraction of sp³-hybridized carbons (Fsp3) is 0.318. The smallest absolute Gasteiger partial charge is 0.321 e.